The first-order chi connectivity index (χ1) is 8.83. The summed E-state index contributed by atoms with van der Waals surface area (Å²) in [6.07, 6.45) is 10.9. The molecular formula is C17H33NO. The first-order valence-electron chi connectivity index (χ1n) is 8.25. The van der Waals surface area contributed by atoms with Crippen molar-refractivity contribution in [3.05, 3.63) is 0 Å². The number of hydrogen-bond donors (Lipinski definition) is 2. The van der Waals surface area contributed by atoms with Crippen LogP contribution < -0.4 is 5.73 Å². The summed E-state index contributed by atoms with van der Waals surface area (Å²) in [5.74, 6) is 0.464. The predicted octanol–water partition coefficient (Wildman–Crippen LogP) is 3.86. The molecule has 2 aliphatic rings. The molecule has 2 heteroatoms. The molecule has 2 aliphatic carbocycles. The molecule has 2 fully saturated rings. The fourth-order valence-corrected chi connectivity index (χ4v) is 4.42. The summed E-state index contributed by atoms with van der Waals surface area (Å²) in [7, 11) is 0. The highest BCUT2D eigenvalue weighted by atomic mass is 16.3. The lowest BCUT2D eigenvalue weighted by Gasteiger charge is -2.54. The Morgan fingerprint density at radius 1 is 1.05 bits per heavy atom. The van der Waals surface area contributed by atoms with Crippen molar-refractivity contribution in [2.75, 3.05) is 6.54 Å². The monoisotopic (exact) mass is 267 g/mol. The van der Waals surface area contributed by atoms with Crippen LogP contribution in [0.2, 0.25) is 0 Å². The van der Waals surface area contributed by atoms with Crippen LogP contribution in [0.15, 0.2) is 0 Å². The quantitative estimate of drug-likeness (QED) is 0.815. The van der Waals surface area contributed by atoms with E-state index in [2.05, 4.69) is 20.8 Å². The van der Waals surface area contributed by atoms with Crippen molar-refractivity contribution in [2.45, 2.75) is 84.2 Å². The third kappa shape index (κ3) is 2.85. The molecule has 0 spiro atoms. The highest BCUT2D eigenvalue weighted by Gasteiger charge is 2.52. The molecule has 2 nitrogen and oxygen atoms in total. The minimum atomic E-state index is -0.571. The van der Waals surface area contributed by atoms with Crippen LogP contribution in [0, 0.1) is 16.7 Å². The first-order valence-corrected chi connectivity index (χ1v) is 8.25. The van der Waals surface area contributed by atoms with Crippen molar-refractivity contribution in [1.82, 2.24) is 0 Å². The lowest BCUT2D eigenvalue weighted by molar-refractivity contribution is -0.142. The highest BCUT2D eigenvalue weighted by Crippen LogP contribution is 2.54. The molecule has 0 saturated heterocycles. The van der Waals surface area contributed by atoms with Crippen LogP contribution in [0.4, 0.5) is 0 Å². The molecule has 2 rings (SSSR count). The molecule has 0 heterocycles. The maximum atomic E-state index is 11.3. The van der Waals surface area contributed by atoms with Gasteiger partial charge in [-0.2, -0.15) is 0 Å². The molecule has 2 saturated carbocycles. The van der Waals surface area contributed by atoms with E-state index < -0.39 is 5.60 Å². The topological polar surface area (TPSA) is 46.2 Å². The molecule has 0 aromatic rings. The zero-order chi connectivity index (χ0) is 14.1. The molecule has 0 radical (unpaired) electrons. The Bertz CT molecular complexity index is 292. The van der Waals surface area contributed by atoms with Gasteiger partial charge in [0.05, 0.1) is 5.60 Å². The van der Waals surface area contributed by atoms with Crippen LogP contribution in [-0.4, -0.2) is 17.3 Å². The number of hydrogen-bond acceptors (Lipinski definition) is 2. The van der Waals surface area contributed by atoms with Crippen LogP contribution in [0.5, 0.6) is 0 Å². The zero-order valence-electron chi connectivity index (χ0n) is 13.2. The average molecular weight is 267 g/mol. The Morgan fingerprint density at radius 2 is 1.58 bits per heavy atom. The van der Waals surface area contributed by atoms with E-state index in [-0.39, 0.29) is 5.41 Å². The molecule has 112 valence electrons. The van der Waals surface area contributed by atoms with Gasteiger partial charge in [0.25, 0.3) is 0 Å². The fraction of sp³-hybridized carbons (Fsp3) is 1.00. The second kappa shape index (κ2) is 5.37. The Morgan fingerprint density at radius 3 is 2.05 bits per heavy atom. The van der Waals surface area contributed by atoms with Crippen LogP contribution in [-0.2, 0) is 0 Å². The summed E-state index contributed by atoms with van der Waals surface area (Å²) >= 11 is 0. The van der Waals surface area contributed by atoms with Crippen molar-refractivity contribution in [3.8, 4) is 0 Å². The van der Waals surface area contributed by atoms with E-state index in [9.17, 15) is 5.11 Å². The van der Waals surface area contributed by atoms with Gasteiger partial charge < -0.3 is 10.8 Å². The van der Waals surface area contributed by atoms with Gasteiger partial charge in [0.2, 0.25) is 0 Å². The maximum Gasteiger partial charge on any atom is 0.0715 e. The largest absolute Gasteiger partial charge is 0.389 e. The summed E-state index contributed by atoms with van der Waals surface area (Å²) in [6, 6.07) is 0. The Labute approximate surface area is 119 Å². The summed E-state index contributed by atoms with van der Waals surface area (Å²) in [6.45, 7) is 7.44. The smallest absolute Gasteiger partial charge is 0.0715 e. The minimum absolute atomic E-state index is 0.0372. The molecule has 0 aromatic carbocycles. The summed E-state index contributed by atoms with van der Waals surface area (Å²) in [4.78, 5) is 0. The van der Waals surface area contributed by atoms with Crippen LogP contribution in [0.3, 0.4) is 0 Å². The van der Waals surface area contributed by atoms with E-state index in [0.29, 0.717) is 17.9 Å². The van der Waals surface area contributed by atoms with Gasteiger partial charge in [-0.1, -0.05) is 33.1 Å². The maximum absolute atomic E-state index is 11.3. The Balaban J connectivity index is 2.15. The number of nitrogens with two attached hydrogens (primary N) is 1. The van der Waals surface area contributed by atoms with Gasteiger partial charge in [-0.25, -0.2) is 0 Å². The second-order valence-electron chi connectivity index (χ2n) is 8.13. The molecule has 0 amide bonds. The average Bonchev–Trinajstić information content (AvgIpc) is 2.40. The van der Waals surface area contributed by atoms with Gasteiger partial charge in [0, 0.05) is 12.0 Å². The molecule has 1 atom stereocenters. The molecular weight excluding hydrogens is 234 g/mol. The molecule has 0 aromatic heterocycles. The SMILES string of the molecule is CC1(C)CCC(CN)(C(C)(O)C2CCCCC2)CC1. The summed E-state index contributed by atoms with van der Waals surface area (Å²) in [5, 5.41) is 11.3. The predicted molar refractivity (Wildman–Crippen MR) is 80.9 cm³/mol. The lowest BCUT2D eigenvalue weighted by Crippen LogP contribution is -2.57. The first kappa shape index (κ1) is 15.3. The van der Waals surface area contributed by atoms with Gasteiger partial charge in [0.1, 0.15) is 0 Å². The Hall–Kier alpha value is -0.0800. The van der Waals surface area contributed by atoms with E-state index in [1.54, 1.807) is 0 Å². The fourth-order valence-electron chi connectivity index (χ4n) is 4.42. The molecule has 0 aliphatic heterocycles. The molecule has 1 unspecified atom stereocenters. The Kier molecular flexibility index (Phi) is 4.32. The lowest BCUT2D eigenvalue weighted by atomic mass is 9.54. The highest BCUT2D eigenvalue weighted by molar-refractivity contribution is 5.04. The number of rotatable bonds is 3. The van der Waals surface area contributed by atoms with Crippen LogP contribution in [0.1, 0.15) is 78.6 Å². The van der Waals surface area contributed by atoms with Crippen molar-refractivity contribution in [1.29, 1.82) is 0 Å². The molecule has 0 bridgehead atoms. The van der Waals surface area contributed by atoms with Crippen molar-refractivity contribution < 1.29 is 5.11 Å². The van der Waals surface area contributed by atoms with E-state index in [1.165, 1.54) is 44.9 Å². The normalized spacial score (nSPS) is 30.8. The summed E-state index contributed by atoms with van der Waals surface area (Å²) in [5.41, 5.74) is 5.98. The molecule has 19 heavy (non-hydrogen) atoms. The second-order valence-corrected chi connectivity index (χ2v) is 8.13. The zero-order valence-corrected chi connectivity index (χ0v) is 13.2. The van der Waals surface area contributed by atoms with Crippen LogP contribution in [0.25, 0.3) is 0 Å². The van der Waals surface area contributed by atoms with Crippen molar-refractivity contribution in [2.24, 2.45) is 22.5 Å². The number of aliphatic hydroxyl groups is 1. The molecule has 3 N–H and O–H groups in total. The van der Waals surface area contributed by atoms with Gasteiger partial charge in [-0.15, -0.1) is 0 Å². The standard InChI is InChI=1S/C17H33NO/c1-15(2)9-11-17(13-18,12-10-15)16(3,19)14-7-5-4-6-8-14/h14,19H,4-13,18H2,1-3H3. The van der Waals surface area contributed by atoms with E-state index in [4.69, 9.17) is 5.73 Å². The van der Waals surface area contributed by atoms with E-state index >= 15 is 0 Å². The van der Waals surface area contributed by atoms with E-state index in [0.717, 1.165) is 12.8 Å². The van der Waals surface area contributed by atoms with Gasteiger partial charge >= 0.3 is 0 Å². The van der Waals surface area contributed by atoms with Crippen molar-refractivity contribution in [3.63, 3.8) is 0 Å². The summed E-state index contributed by atoms with van der Waals surface area (Å²) < 4.78 is 0. The van der Waals surface area contributed by atoms with Crippen molar-refractivity contribution >= 4 is 0 Å². The van der Waals surface area contributed by atoms with E-state index in [1.807, 2.05) is 0 Å². The van der Waals surface area contributed by atoms with Crippen LogP contribution >= 0.6 is 0 Å². The van der Waals surface area contributed by atoms with Gasteiger partial charge in [0.15, 0.2) is 0 Å². The van der Waals surface area contributed by atoms with Gasteiger partial charge in [-0.05, 0) is 56.8 Å². The van der Waals surface area contributed by atoms with Gasteiger partial charge in [-0.3, -0.25) is 0 Å². The third-order valence-corrected chi connectivity index (χ3v) is 6.43. The minimum Gasteiger partial charge on any atom is -0.389 e. The third-order valence-electron chi connectivity index (χ3n) is 6.43.